The Kier molecular flexibility index (Phi) is 0.937. The van der Waals surface area contributed by atoms with Gasteiger partial charge in [0.05, 0.1) is 0 Å². The van der Waals surface area contributed by atoms with Gasteiger partial charge >= 0.3 is 0 Å². The minimum absolute atomic E-state index is 0.687. The lowest BCUT2D eigenvalue weighted by atomic mass is 11.0. The molecule has 1 fully saturated rings. The highest BCUT2D eigenvalue weighted by molar-refractivity contribution is 8.26. The highest BCUT2D eigenvalue weighted by Crippen LogP contribution is 2.37. The molecule has 2 N–H and O–H groups in total. The van der Waals surface area contributed by atoms with E-state index in [1.54, 1.807) is 0 Å². The summed E-state index contributed by atoms with van der Waals surface area (Å²) in [6.45, 7) is 0. The van der Waals surface area contributed by atoms with Crippen molar-refractivity contribution in [3.05, 3.63) is 0 Å². The summed E-state index contributed by atoms with van der Waals surface area (Å²) in [7, 11) is -1.13. The van der Waals surface area contributed by atoms with E-state index >= 15 is 0 Å². The highest BCUT2D eigenvalue weighted by atomic mass is 32.2. The molecule has 1 rings (SSSR count). The number of rotatable bonds is 1. The summed E-state index contributed by atoms with van der Waals surface area (Å²) < 4.78 is 0. The van der Waals surface area contributed by atoms with E-state index in [1.165, 1.54) is 12.8 Å². The SMILES string of the molecule is C=S(=C)(N)C1CC1. The van der Waals surface area contributed by atoms with E-state index in [-0.39, 0.29) is 0 Å². The molecule has 1 aliphatic carbocycles. The molecule has 0 heterocycles. The van der Waals surface area contributed by atoms with Crippen molar-refractivity contribution in [3.63, 3.8) is 0 Å². The van der Waals surface area contributed by atoms with Crippen LogP contribution in [0.15, 0.2) is 0 Å². The van der Waals surface area contributed by atoms with Gasteiger partial charge in [-0.25, -0.2) is 0 Å². The molecule has 0 amide bonds. The predicted molar refractivity (Wildman–Crippen MR) is 39.0 cm³/mol. The van der Waals surface area contributed by atoms with Gasteiger partial charge in [0.25, 0.3) is 0 Å². The molecular formula is C5H11NS. The molecule has 0 aliphatic heterocycles. The van der Waals surface area contributed by atoms with E-state index in [2.05, 4.69) is 11.7 Å². The maximum absolute atomic E-state index is 5.60. The summed E-state index contributed by atoms with van der Waals surface area (Å²) in [4.78, 5) is 0. The zero-order chi connectivity index (χ0) is 5.49. The zero-order valence-corrected chi connectivity index (χ0v) is 5.21. The quantitative estimate of drug-likeness (QED) is 0.502. The molecule has 0 unspecified atom stereocenters. The van der Waals surface area contributed by atoms with Crippen LogP contribution in [0.4, 0.5) is 0 Å². The zero-order valence-electron chi connectivity index (χ0n) is 4.39. The molecule has 0 aromatic heterocycles. The van der Waals surface area contributed by atoms with Crippen molar-refractivity contribution in [3.8, 4) is 0 Å². The minimum Gasteiger partial charge on any atom is -0.289 e. The Morgan fingerprint density at radius 3 is 1.86 bits per heavy atom. The summed E-state index contributed by atoms with van der Waals surface area (Å²) in [6.07, 6.45) is 2.53. The fourth-order valence-corrected chi connectivity index (χ4v) is 1.61. The van der Waals surface area contributed by atoms with Crippen molar-refractivity contribution in [1.29, 1.82) is 0 Å². The lowest BCUT2D eigenvalue weighted by molar-refractivity contribution is 1.50. The molecule has 7 heavy (non-hydrogen) atoms. The maximum Gasteiger partial charge on any atom is 0.00638 e. The van der Waals surface area contributed by atoms with Crippen LogP contribution in [0.25, 0.3) is 0 Å². The lowest BCUT2D eigenvalue weighted by Crippen LogP contribution is -1.94. The topological polar surface area (TPSA) is 26.0 Å². The second-order valence-corrected chi connectivity index (χ2v) is 4.89. The fourth-order valence-electron chi connectivity index (χ4n) is 0.537. The Bertz CT molecular complexity index is 151. The average molecular weight is 117 g/mol. The Morgan fingerprint density at radius 1 is 1.43 bits per heavy atom. The van der Waals surface area contributed by atoms with Gasteiger partial charge in [0.2, 0.25) is 0 Å². The summed E-state index contributed by atoms with van der Waals surface area (Å²) >= 11 is 0. The molecule has 0 spiro atoms. The van der Waals surface area contributed by atoms with E-state index < -0.39 is 9.39 Å². The van der Waals surface area contributed by atoms with E-state index in [9.17, 15) is 0 Å². The summed E-state index contributed by atoms with van der Waals surface area (Å²) in [5.74, 6) is 7.56. The third-order valence-corrected chi connectivity index (χ3v) is 2.99. The van der Waals surface area contributed by atoms with Gasteiger partial charge in [0.1, 0.15) is 0 Å². The predicted octanol–water partition coefficient (Wildman–Crippen LogP) is 0.691. The molecular weight excluding hydrogens is 106 g/mol. The molecule has 0 atom stereocenters. The number of hydrogen-bond donors (Lipinski definition) is 1. The van der Waals surface area contributed by atoms with E-state index in [1.807, 2.05) is 0 Å². The van der Waals surface area contributed by atoms with Crippen molar-refractivity contribution in [2.45, 2.75) is 18.1 Å². The fraction of sp³-hybridized carbons (Fsp3) is 0.600. The van der Waals surface area contributed by atoms with Crippen molar-refractivity contribution in [2.75, 3.05) is 0 Å². The first-order valence-corrected chi connectivity index (χ1v) is 4.46. The molecule has 0 radical (unpaired) electrons. The first-order chi connectivity index (χ1) is 3.11. The molecule has 2 heteroatoms. The smallest absolute Gasteiger partial charge is 0.00638 e. The minimum atomic E-state index is -1.13. The summed E-state index contributed by atoms with van der Waals surface area (Å²) in [6, 6.07) is 0. The van der Waals surface area contributed by atoms with Crippen molar-refractivity contribution in [1.82, 2.24) is 0 Å². The van der Waals surface area contributed by atoms with Crippen molar-refractivity contribution >= 4 is 21.1 Å². The molecule has 1 aliphatic rings. The van der Waals surface area contributed by atoms with Gasteiger partial charge in [-0.05, 0) is 12.8 Å². The molecule has 1 nitrogen and oxygen atoms in total. The third kappa shape index (κ3) is 1.21. The van der Waals surface area contributed by atoms with Crippen LogP contribution in [0.2, 0.25) is 0 Å². The van der Waals surface area contributed by atoms with Crippen LogP contribution in [0.1, 0.15) is 12.8 Å². The van der Waals surface area contributed by atoms with Gasteiger partial charge in [-0.15, -0.1) is 0 Å². The Morgan fingerprint density at radius 2 is 1.86 bits per heavy atom. The summed E-state index contributed by atoms with van der Waals surface area (Å²) in [5.41, 5.74) is 0. The molecule has 42 valence electrons. The second-order valence-electron chi connectivity index (χ2n) is 2.21. The first kappa shape index (κ1) is 5.19. The van der Waals surface area contributed by atoms with Gasteiger partial charge < -0.3 is 0 Å². The maximum atomic E-state index is 5.60. The van der Waals surface area contributed by atoms with Crippen LogP contribution >= 0.6 is 9.39 Å². The van der Waals surface area contributed by atoms with Crippen LogP contribution < -0.4 is 5.14 Å². The van der Waals surface area contributed by atoms with Crippen LogP contribution in [-0.4, -0.2) is 17.0 Å². The van der Waals surface area contributed by atoms with Gasteiger partial charge in [0, 0.05) is 5.25 Å². The Hall–Kier alpha value is 0.0500. The lowest BCUT2D eigenvalue weighted by Gasteiger charge is -2.01. The molecule has 0 aromatic rings. The monoisotopic (exact) mass is 117 g/mol. The molecule has 0 aromatic carbocycles. The first-order valence-electron chi connectivity index (χ1n) is 2.37. The highest BCUT2D eigenvalue weighted by Gasteiger charge is 2.23. The molecule has 0 bridgehead atoms. The van der Waals surface area contributed by atoms with Crippen LogP contribution in [0, 0.1) is 0 Å². The van der Waals surface area contributed by atoms with Crippen LogP contribution in [0.5, 0.6) is 0 Å². The molecule has 0 saturated heterocycles. The largest absolute Gasteiger partial charge is 0.289 e. The van der Waals surface area contributed by atoms with Crippen LogP contribution in [0.3, 0.4) is 0 Å². The second kappa shape index (κ2) is 1.26. The number of hydrogen-bond acceptors (Lipinski definition) is 1. The third-order valence-electron chi connectivity index (χ3n) is 1.19. The van der Waals surface area contributed by atoms with Crippen LogP contribution in [-0.2, 0) is 0 Å². The Balaban J connectivity index is 2.71. The van der Waals surface area contributed by atoms with E-state index in [0.29, 0.717) is 5.25 Å². The van der Waals surface area contributed by atoms with E-state index in [4.69, 9.17) is 5.14 Å². The normalized spacial score (nSPS) is 22.4. The van der Waals surface area contributed by atoms with Gasteiger partial charge in [-0.1, -0.05) is 11.7 Å². The average Bonchev–Trinajstić information content (AvgIpc) is 1.99. The van der Waals surface area contributed by atoms with Crippen molar-refractivity contribution < 1.29 is 0 Å². The number of nitrogens with two attached hydrogens (primary N) is 1. The van der Waals surface area contributed by atoms with Gasteiger partial charge in [0.15, 0.2) is 0 Å². The molecule has 1 saturated carbocycles. The van der Waals surface area contributed by atoms with E-state index in [0.717, 1.165) is 0 Å². The van der Waals surface area contributed by atoms with Crippen molar-refractivity contribution in [2.24, 2.45) is 5.14 Å². The van der Waals surface area contributed by atoms with Gasteiger partial charge in [-0.3, -0.25) is 5.14 Å². The standard InChI is InChI=1S/C5H11NS/c1-7(2,6)5-3-4-5/h5H,1-4,6H2. The van der Waals surface area contributed by atoms with Gasteiger partial charge in [-0.2, -0.15) is 9.39 Å². The Labute approximate surface area is 45.1 Å². The summed E-state index contributed by atoms with van der Waals surface area (Å²) in [5, 5.41) is 6.29.